The summed E-state index contributed by atoms with van der Waals surface area (Å²) in [4.78, 5) is 27.6. The number of carbonyl (C=O) groups is 2. The standard InChI is InChI=1S/C25H31N3O4/c1-25-15-21(17-7-11-19(31-2)12-8-17)28(22(25)5-4-6-23(29)27-25)16-24(30)26-18-9-13-20(32-3)14-10-18/h7-14,21-22H,4-6,15-16H2,1-3H3,(H,26,30)(H,27,29)/t21-,22-,25-/m0/s1. The number of fused-ring (bicyclic) bond motifs is 1. The maximum atomic E-state index is 13.0. The molecule has 0 spiro atoms. The fraction of sp³-hybridized carbons (Fsp3) is 0.440. The second-order valence-corrected chi connectivity index (χ2v) is 8.82. The maximum absolute atomic E-state index is 13.0. The Morgan fingerprint density at radius 2 is 1.72 bits per heavy atom. The van der Waals surface area contributed by atoms with E-state index >= 15 is 0 Å². The van der Waals surface area contributed by atoms with Gasteiger partial charge in [0.1, 0.15) is 11.5 Å². The Morgan fingerprint density at radius 1 is 1.09 bits per heavy atom. The van der Waals surface area contributed by atoms with Crippen LogP contribution in [0, 0.1) is 0 Å². The van der Waals surface area contributed by atoms with Gasteiger partial charge in [0.2, 0.25) is 11.8 Å². The van der Waals surface area contributed by atoms with E-state index in [1.807, 2.05) is 48.5 Å². The van der Waals surface area contributed by atoms with Crippen LogP contribution in [0.5, 0.6) is 11.5 Å². The quantitative estimate of drug-likeness (QED) is 0.723. The lowest BCUT2D eigenvalue weighted by molar-refractivity contribution is -0.122. The zero-order valence-electron chi connectivity index (χ0n) is 18.9. The van der Waals surface area contributed by atoms with Gasteiger partial charge in [0.15, 0.2) is 0 Å². The summed E-state index contributed by atoms with van der Waals surface area (Å²) in [5.74, 6) is 1.55. The molecule has 2 saturated heterocycles. The van der Waals surface area contributed by atoms with Crippen molar-refractivity contribution in [2.75, 3.05) is 26.1 Å². The molecule has 170 valence electrons. The lowest BCUT2D eigenvalue weighted by Gasteiger charge is -2.34. The number of nitrogens with one attached hydrogen (secondary N) is 2. The van der Waals surface area contributed by atoms with Crippen molar-refractivity contribution < 1.29 is 19.1 Å². The molecule has 2 aromatic carbocycles. The molecule has 7 heteroatoms. The van der Waals surface area contributed by atoms with E-state index < -0.39 is 0 Å². The summed E-state index contributed by atoms with van der Waals surface area (Å²) in [5.41, 5.74) is 1.47. The van der Waals surface area contributed by atoms with E-state index in [9.17, 15) is 9.59 Å². The van der Waals surface area contributed by atoms with Crippen LogP contribution in [-0.2, 0) is 9.59 Å². The topological polar surface area (TPSA) is 79.9 Å². The summed E-state index contributed by atoms with van der Waals surface area (Å²) in [6.07, 6.45) is 2.98. The van der Waals surface area contributed by atoms with Crippen molar-refractivity contribution in [2.45, 2.75) is 50.2 Å². The Kier molecular flexibility index (Phi) is 6.37. The predicted octanol–water partition coefficient (Wildman–Crippen LogP) is 3.52. The number of anilines is 1. The molecule has 2 aliphatic rings. The van der Waals surface area contributed by atoms with E-state index in [0.29, 0.717) is 6.42 Å². The van der Waals surface area contributed by atoms with Gasteiger partial charge in [-0.25, -0.2) is 0 Å². The molecule has 0 unspecified atom stereocenters. The Balaban J connectivity index is 1.58. The Labute approximate surface area is 189 Å². The van der Waals surface area contributed by atoms with Gasteiger partial charge >= 0.3 is 0 Å². The minimum Gasteiger partial charge on any atom is -0.497 e. The average Bonchev–Trinajstić information content (AvgIpc) is 2.95. The van der Waals surface area contributed by atoms with Gasteiger partial charge in [0.05, 0.1) is 26.3 Å². The second kappa shape index (κ2) is 9.20. The number of hydrogen-bond acceptors (Lipinski definition) is 5. The lowest BCUT2D eigenvalue weighted by atomic mass is 9.88. The minimum absolute atomic E-state index is 0.0240. The number of ether oxygens (including phenoxy) is 2. The highest BCUT2D eigenvalue weighted by Crippen LogP contribution is 2.45. The van der Waals surface area contributed by atoms with Crippen molar-refractivity contribution in [1.29, 1.82) is 0 Å². The molecule has 3 atom stereocenters. The van der Waals surface area contributed by atoms with E-state index in [2.05, 4.69) is 22.5 Å². The third-order valence-electron chi connectivity index (χ3n) is 6.66. The third-order valence-corrected chi connectivity index (χ3v) is 6.66. The summed E-state index contributed by atoms with van der Waals surface area (Å²) in [7, 11) is 3.26. The first-order valence-corrected chi connectivity index (χ1v) is 11.1. The van der Waals surface area contributed by atoms with Crippen LogP contribution >= 0.6 is 0 Å². The van der Waals surface area contributed by atoms with E-state index in [0.717, 1.165) is 42.0 Å². The van der Waals surface area contributed by atoms with Crippen molar-refractivity contribution >= 4 is 17.5 Å². The normalized spacial score (nSPS) is 25.4. The summed E-state index contributed by atoms with van der Waals surface area (Å²) in [6, 6.07) is 15.4. The van der Waals surface area contributed by atoms with Crippen LogP contribution in [0.15, 0.2) is 48.5 Å². The van der Waals surface area contributed by atoms with E-state index in [4.69, 9.17) is 9.47 Å². The van der Waals surface area contributed by atoms with Gasteiger partial charge in [-0.3, -0.25) is 14.5 Å². The fourth-order valence-electron chi connectivity index (χ4n) is 5.09. The number of benzene rings is 2. The molecule has 7 nitrogen and oxygen atoms in total. The van der Waals surface area contributed by atoms with Gasteiger partial charge in [0, 0.05) is 24.2 Å². The van der Waals surface area contributed by atoms with Crippen LogP contribution in [0.25, 0.3) is 0 Å². The van der Waals surface area contributed by atoms with Crippen LogP contribution < -0.4 is 20.1 Å². The smallest absolute Gasteiger partial charge is 0.238 e. The van der Waals surface area contributed by atoms with Crippen LogP contribution in [0.2, 0.25) is 0 Å². The van der Waals surface area contributed by atoms with Gasteiger partial charge in [-0.1, -0.05) is 12.1 Å². The van der Waals surface area contributed by atoms with Crippen molar-refractivity contribution in [3.05, 3.63) is 54.1 Å². The Morgan fingerprint density at radius 3 is 2.34 bits per heavy atom. The number of methoxy groups -OCH3 is 2. The van der Waals surface area contributed by atoms with Gasteiger partial charge < -0.3 is 20.1 Å². The first-order valence-electron chi connectivity index (χ1n) is 11.1. The molecule has 2 heterocycles. The molecule has 2 N–H and O–H groups in total. The van der Waals surface area contributed by atoms with E-state index in [1.165, 1.54) is 0 Å². The predicted molar refractivity (Wildman–Crippen MR) is 123 cm³/mol. The number of hydrogen-bond donors (Lipinski definition) is 2. The summed E-state index contributed by atoms with van der Waals surface area (Å²) < 4.78 is 10.5. The van der Waals surface area contributed by atoms with Gasteiger partial charge in [-0.2, -0.15) is 0 Å². The first kappa shape index (κ1) is 22.1. The van der Waals surface area contributed by atoms with Crippen molar-refractivity contribution in [3.8, 4) is 11.5 Å². The average molecular weight is 438 g/mol. The molecule has 32 heavy (non-hydrogen) atoms. The molecule has 2 aromatic rings. The van der Waals surface area contributed by atoms with Crippen molar-refractivity contribution in [2.24, 2.45) is 0 Å². The van der Waals surface area contributed by atoms with Gasteiger partial charge in [0.25, 0.3) is 0 Å². The van der Waals surface area contributed by atoms with Crippen molar-refractivity contribution in [3.63, 3.8) is 0 Å². The summed E-state index contributed by atoms with van der Waals surface area (Å²) in [5, 5.41) is 6.25. The van der Waals surface area contributed by atoms with Crippen LogP contribution in [-0.4, -0.2) is 49.1 Å². The molecule has 0 saturated carbocycles. The van der Waals surface area contributed by atoms with Gasteiger partial charge in [-0.05, 0) is 68.1 Å². The molecule has 2 fully saturated rings. The van der Waals surface area contributed by atoms with E-state index in [1.54, 1.807) is 14.2 Å². The summed E-state index contributed by atoms with van der Waals surface area (Å²) >= 11 is 0. The Hall–Kier alpha value is -3.06. The SMILES string of the molecule is COc1ccc(NC(=O)CN2[C@H]3CCCC(=O)N[C@@]3(C)C[C@H]2c2ccc(OC)cc2)cc1. The minimum atomic E-state index is -0.376. The van der Waals surface area contributed by atoms with Gasteiger partial charge in [-0.15, -0.1) is 0 Å². The molecule has 4 rings (SSSR count). The molecule has 0 bridgehead atoms. The third kappa shape index (κ3) is 4.58. The molecule has 2 aliphatic heterocycles. The van der Waals surface area contributed by atoms with Crippen LogP contribution in [0.4, 0.5) is 5.69 Å². The number of carbonyl (C=O) groups excluding carboxylic acids is 2. The molecule has 2 amide bonds. The molecular weight excluding hydrogens is 406 g/mol. The van der Waals surface area contributed by atoms with Crippen molar-refractivity contribution in [1.82, 2.24) is 10.2 Å². The molecule has 0 aliphatic carbocycles. The monoisotopic (exact) mass is 437 g/mol. The number of rotatable bonds is 6. The zero-order chi connectivity index (χ0) is 22.7. The Bertz CT molecular complexity index is 960. The lowest BCUT2D eigenvalue weighted by Crippen LogP contribution is -2.53. The number of amides is 2. The van der Waals surface area contributed by atoms with Crippen LogP contribution in [0.3, 0.4) is 0 Å². The second-order valence-electron chi connectivity index (χ2n) is 8.82. The maximum Gasteiger partial charge on any atom is 0.238 e. The first-order chi connectivity index (χ1) is 15.4. The highest BCUT2D eigenvalue weighted by atomic mass is 16.5. The number of nitrogens with zero attached hydrogens (tertiary/aromatic N) is 1. The zero-order valence-corrected chi connectivity index (χ0v) is 18.9. The van der Waals surface area contributed by atoms with Crippen LogP contribution in [0.1, 0.15) is 44.2 Å². The molecule has 0 aromatic heterocycles. The highest BCUT2D eigenvalue weighted by Gasteiger charge is 2.51. The summed E-state index contributed by atoms with van der Waals surface area (Å²) in [6.45, 7) is 2.36. The highest BCUT2D eigenvalue weighted by molar-refractivity contribution is 5.92. The number of likely N-dealkylation sites (tertiary alicyclic amines) is 1. The largest absolute Gasteiger partial charge is 0.497 e. The molecular formula is C25H31N3O4. The van der Waals surface area contributed by atoms with E-state index in [-0.39, 0.29) is 36.0 Å². The fourth-order valence-corrected chi connectivity index (χ4v) is 5.09. The molecule has 0 radical (unpaired) electrons.